The van der Waals surface area contributed by atoms with E-state index in [9.17, 15) is 14.7 Å². The van der Waals surface area contributed by atoms with Crippen LogP contribution >= 0.6 is 27.5 Å². The van der Waals surface area contributed by atoms with Crippen LogP contribution in [0.15, 0.2) is 58.6 Å². The molecule has 1 aliphatic rings. The standard InChI is InChI=1S/C22H22BrClN2O3/c1-25(2)12-3-13-26-19(14-6-10-17(24)11-7-14)18(21(28)22(26)29)20(27)15-4-8-16(23)9-5-15/h4-11,19,27H,3,12-13H2,1-2H3/b20-18-. The lowest BCUT2D eigenvalue weighted by molar-refractivity contribution is -0.139. The number of aliphatic hydroxyl groups is 1. The van der Waals surface area contributed by atoms with Crippen LogP contribution in [-0.2, 0) is 9.59 Å². The van der Waals surface area contributed by atoms with E-state index in [0.717, 1.165) is 16.6 Å². The molecule has 1 amide bonds. The monoisotopic (exact) mass is 476 g/mol. The molecule has 152 valence electrons. The van der Waals surface area contributed by atoms with Gasteiger partial charge < -0.3 is 14.9 Å². The van der Waals surface area contributed by atoms with Gasteiger partial charge in [0.25, 0.3) is 11.7 Å². The third-order valence-corrected chi connectivity index (χ3v) is 5.63. The minimum absolute atomic E-state index is 0.101. The molecule has 5 nitrogen and oxygen atoms in total. The highest BCUT2D eigenvalue weighted by Gasteiger charge is 2.45. The zero-order valence-electron chi connectivity index (χ0n) is 16.2. The Morgan fingerprint density at radius 2 is 1.72 bits per heavy atom. The van der Waals surface area contributed by atoms with Crippen molar-refractivity contribution in [2.45, 2.75) is 12.5 Å². The number of benzene rings is 2. The van der Waals surface area contributed by atoms with E-state index in [0.29, 0.717) is 23.6 Å². The SMILES string of the molecule is CN(C)CCCN1C(=O)C(=O)/C(=C(\O)c2ccc(Br)cc2)C1c1ccc(Cl)cc1. The molecule has 7 heteroatoms. The summed E-state index contributed by atoms with van der Waals surface area (Å²) >= 11 is 9.38. The van der Waals surface area contributed by atoms with Gasteiger partial charge in [-0.1, -0.05) is 51.8 Å². The van der Waals surface area contributed by atoms with Gasteiger partial charge >= 0.3 is 0 Å². The van der Waals surface area contributed by atoms with Crippen molar-refractivity contribution in [1.29, 1.82) is 0 Å². The third-order valence-electron chi connectivity index (χ3n) is 4.85. The second-order valence-electron chi connectivity index (χ2n) is 7.21. The van der Waals surface area contributed by atoms with Crippen molar-refractivity contribution in [3.8, 4) is 0 Å². The highest BCUT2D eigenvalue weighted by atomic mass is 79.9. The molecule has 2 aromatic carbocycles. The number of rotatable bonds is 6. The highest BCUT2D eigenvalue weighted by Crippen LogP contribution is 2.39. The Labute approximate surface area is 183 Å². The Bertz CT molecular complexity index is 940. The third kappa shape index (κ3) is 4.71. The molecule has 0 radical (unpaired) electrons. The summed E-state index contributed by atoms with van der Waals surface area (Å²) in [5, 5.41) is 11.5. The van der Waals surface area contributed by atoms with E-state index in [4.69, 9.17) is 11.6 Å². The van der Waals surface area contributed by atoms with Gasteiger partial charge in [0, 0.05) is 21.6 Å². The molecule has 29 heavy (non-hydrogen) atoms. The van der Waals surface area contributed by atoms with Crippen molar-refractivity contribution in [3.63, 3.8) is 0 Å². The summed E-state index contributed by atoms with van der Waals surface area (Å²) in [4.78, 5) is 29.3. The van der Waals surface area contributed by atoms with Crippen molar-refractivity contribution >= 4 is 45.0 Å². The molecular formula is C22H22BrClN2O3. The predicted octanol–water partition coefficient (Wildman–Crippen LogP) is 4.48. The fourth-order valence-electron chi connectivity index (χ4n) is 3.42. The minimum Gasteiger partial charge on any atom is -0.507 e. The first-order chi connectivity index (χ1) is 13.8. The van der Waals surface area contributed by atoms with E-state index in [-0.39, 0.29) is 11.3 Å². The highest BCUT2D eigenvalue weighted by molar-refractivity contribution is 9.10. The van der Waals surface area contributed by atoms with Gasteiger partial charge in [-0.3, -0.25) is 9.59 Å². The van der Waals surface area contributed by atoms with Crippen LogP contribution in [0.4, 0.5) is 0 Å². The van der Waals surface area contributed by atoms with Crippen LogP contribution in [0.2, 0.25) is 5.02 Å². The molecule has 1 atom stereocenters. The van der Waals surface area contributed by atoms with Crippen LogP contribution in [0.3, 0.4) is 0 Å². The maximum Gasteiger partial charge on any atom is 0.295 e. The largest absolute Gasteiger partial charge is 0.507 e. The average molecular weight is 478 g/mol. The van der Waals surface area contributed by atoms with E-state index >= 15 is 0 Å². The summed E-state index contributed by atoms with van der Waals surface area (Å²) in [6.45, 7) is 1.19. The van der Waals surface area contributed by atoms with Gasteiger partial charge in [0.05, 0.1) is 11.6 Å². The smallest absolute Gasteiger partial charge is 0.295 e. The van der Waals surface area contributed by atoms with Crippen LogP contribution in [0.5, 0.6) is 0 Å². The number of amides is 1. The first-order valence-electron chi connectivity index (χ1n) is 9.24. The fraction of sp³-hybridized carbons (Fsp3) is 0.273. The van der Waals surface area contributed by atoms with E-state index in [1.165, 1.54) is 0 Å². The number of aliphatic hydroxyl groups excluding tert-OH is 1. The molecule has 3 rings (SSSR count). The quantitative estimate of drug-likeness (QED) is 0.379. The van der Waals surface area contributed by atoms with Gasteiger partial charge in [-0.25, -0.2) is 0 Å². The van der Waals surface area contributed by atoms with Gasteiger partial charge in [-0.15, -0.1) is 0 Å². The molecule has 0 spiro atoms. The molecule has 1 aliphatic heterocycles. The molecule has 0 bridgehead atoms. The van der Waals surface area contributed by atoms with Crippen molar-refractivity contribution in [3.05, 3.63) is 74.7 Å². The number of ketones is 1. The molecule has 0 aliphatic carbocycles. The molecular weight excluding hydrogens is 456 g/mol. The molecule has 2 aromatic rings. The molecule has 1 fully saturated rings. The maximum absolute atomic E-state index is 12.9. The number of nitrogens with zero attached hydrogens (tertiary/aromatic N) is 2. The van der Waals surface area contributed by atoms with E-state index in [2.05, 4.69) is 15.9 Å². The number of halogens is 2. The number of hydrogen-bond donors (Lipinski definition) is 1. The number of Topliss-reactive ketones (excluding diaryl/α,β-unsaturated/α-hetero) is 1. The summed E-state index contributed by atoms with van der Waals surface area (Å²) in [5.41, 5.74) is 1.32. The lowest BCUT2D eigenvalue weighted by Gasteiger charge is -2.26. The number of likely N-dealkylation sites (tertiary alicyclic amines) is 1. The molecule has 0 saturated carbocycles. The second-order valence-corrected chi connectivity index (χ2v) is 8.56. The zero-order chi connectivity index (χ0) is 21.1. The Morgan fingerprint density at radius 3 is 2.31 bits per heavy atom. The first kappa shape index (κ1) is 21.6. The normalized spacial score (nSPS) is 18.7. The first-order valence-corrected chi connectivity index (χ1v) is 10.4. The van der Waals surface area contributed by atoms with Crippen LogP contribution < -0.4 is 0 Å². The van der Waals surface area contributed by atoms with Crippen LogP contribution in [-0.4, -0.2) is 53.8 Å². The predicted molar refractivity (Wildman–Crippen MR) is 118 cm³/mol. The van der Waals surface area contributed by atoms with Gasteiger partial charge in [0.1, 0.15) is 5.76 Å². The molecule has 1 heterocycles. The topological polar surface area (TPSA) is 60.9 Å². The molecule has 0 aromatic heterocycles. The Morgan fingerprint density at radius 1 is 1.10 bits per heavy atom. The molecule has 1 unspecified atom stereocenters. The van der Waals surface area contributed by atoms with Crippen LogP contribution in [0, 0.1) is 0 Å². The minimum atomic E-state index is -0.671. The van der Waals surface area contributed by atoms with Crippen LogP contribution in [0.25, 0.3) is 5.76 Å². The van der Waals surface area contributed by atoms with Gasteiger partial charge in [0.2, 0.25) is 0 Å². The zero-order valence-corrected chi connectivity index (χ0v) is 18.6. The number of carbonyl (C=O) groups is 2. The number of hydrogen-bond acceptors (Lipinski definition) is 4. The van der Waals surface area contributed by atoms with E-state index < -0.39 is 17.7 Å². The van der Waals surface area contributed by atoms with Gasteiger partial charge in [-0.05, 0) is 56.9 Å². The lowest BCUT2D eigenvalue weighted by Crippen LogP contribution is -2.32. The summed E-state index contributed by atoms with van der Waals surface area (Å²) < 4.78 is 0.854. The lowest BCUT2D eigenvalue weighted by atomic mass is 9.95. The summed E-state index contributed by atoms with van der Waals surface area (Å²) in [7, 11) is 3.91. The van der Waals surface area contributed by atoms with Gasteiger partial charge in [0.15, 0.2) is 0 Å². The Kier molecular flexibility index (Phi) is 6.77. The van der Waals surface area contributed by atoms with Crippen molar-refractivity contribution in [2.24, 2.45) is 0 Å². The molecule has 1 saturated heterocycles. The van der Waals surface area contributed by atoms with Crippen molar-refractivity contribution in [2.75, 3.05) is 27.2 Å². The van der Waals surface area contributed by atoms with Crippen LogP contribution in [0.1, 0.15) is 23.6 Å². The average Bonchev–Trinajstić information content (AvgIpc) is 2.93. The van der Waals surface area contributed by atoms with Crippen molar-refractivity contribution in [1.82, 2.24) is 9.80 Å². The van der Waals surface area contributed by atoms with E-state index in [1.54, 1.807) is 53.4 Å². The molecule has 1 N–H and O–H groups in total. The number of carbonyl (C=O) groups excluding carboxylic acids is 2. The maximum atomic E-state index is 12.9. The van der Waals surface area contributed by atoms with Crippen molar-refractivity contribution < 1.29 is 14.7 Å². The Balaban J connectivity index is 2.07. The summed E-state index contributed by atoms with van der Waals surface area (Å²) in [6.07, 6.45) is 0.711. The summed E-state index contributed by atoms with van der Waals surface area (Å²) in [6, 6.07) is 13.3. The fourth-order valence-corrected chi connectivity index (χ4v) is 3.81. The van der Waals surface area contributed by atoms with E-state index in [1.807, 2.05) is 19.0 Å². The second kappa shape index (κ2) is 9.11. The Hall–Kier alpha value is -2.15. The van der Waals surface area contributed by atoms with Gasteiger partial charge in [-0.2, -0.15) is 0 Å². The summed E-state index contributed by atoms with van der Waals surface area (Å²) in [5.74, 6) is -1.44.